The maximum Gasteiger partial charge on any atom is 0.253 e. The number of ether oxygens (including phenoxy) is 2. The van der Waals surface area contributed by atoms with E-state index in [-0.39, 0.29) is 12.0 Å². The summed E-state index contributed by atoms with van der Waals surface area (Å²) in [6.07, 6.45) is 3.50. The summed E-state index contributed by atoms with van der Waals surface area (Å²) in [5.74, 6) is 0.0730. The lowest BCUT2D eigenvalue weighted by atomic mass is 10.1. The van der Waals surface area contributed by atoms with Crippen molar-refractivity contribution in [2.24, 2.45) is 0 Å². The number of hydrogen-bond donors (Lipinski definition) is 0. The van der Waals surface area contributed by atoms with E-state index in [0.29, 0.717) is 19.7 Å². The van der Waals surface area contributed by atoms with Crippen molar-refractivity contribution in [2.75, 3.05) is 65.6 Å². The van der Waals surface area contributed by atoms with E-state index >= 15 is 0 Å². The smallest absolute Gasteiger partial charge is 0.253 e. The SMILES string of the molecule is Cc1ccc(C(=O)N(CCN2CCOCC2)CC2CN(Cc3ccoc3)CCO2)cc1. The highest BCUT2D eigenvalue weighted by Crippen LogP contribution is 2.14. The van der Waals surface area contributed by atoms with Gasteiger partial charge in [0.25, 0.3) is 5.91 Å². The minimum absolute atomic E-state index is 0.000242. The number of amides is 1. The number of nitrogens with zero attached hydrogens (tertiary/aromatic N) is 3. The number of rotatable bonds is 8. The van der Waals surface area contributed by atoms with Crippen LogP contribution in [0.5, 0.6) is 0 Å². The van der Waals surface area contributed by atoms with E-state index in [2.05, 4.69) is 9.80 Å². The molecular formula is C24H33N3O4. The lowest BCUT2D eigenvalue weighted by Gasteiger charge is -2.36. The average molecular weight is 428 g/mol. The van der Waals surface area contributed by atoms with Crippen molar-refractivity contribution in [3.8, 4) is 0 Å². The van der Waals surface area contributed by atoms with Crippen LogP contribution >= 0.6 is 0 Å². The Bertz CT molecular complexity index is 803. The maximum absolute atomic E-state index is 13.3. The predicted molar refractivity (Wildman–Crippen MR) is 118 cm³/mol. The number of aryl methyl sites for hydroxylation is 1. The Hall–Kier alpha value is -2.19. The van der Waals surface area contributed by atoms with E-state index in [9.17, 15) is 4.79 Å². The lowest BCUT2D eigenvalue weighted by molar-refractivity contribution is -0.0443. The standard InChI is InChI=1S/C24H33N3O4/c1-20-2-4-22(5-3-20)24(28)27(8-7-25-9-13-29-14-10-25)18-23-17-26(11-15-31-23)16-21-6-12-30-19-21/h2-6,12,19,23H,7-11,13-18H2,1H3. The zero-order chi connectivity index (χ0) is 21.5. The van der Waals surface area contributed by atoms with Crippen LogP contribution in [0, 0.1) is 6.92 Å². The fourth-order valence-corrected chi connectivity index (χ4v) is 4.16. The molecule has 0 N–H and O–H groups in total. The molecule has 1 atom stereocenters. The van der Waals surface area contributed by atoms with E-state index in [1.165, 1.54) is 5.56 Å². The molecule has 2 saturated heterocycles. The summed E-state index contributed by atoms with van der Waals surface area (Å²) in [4.78, 5) is 20.0. The van der Waals surface area contributed by atoms with Crippen LogP contribution in [0.2, 0.25) is 0 Å². The van der Waals surface area contributed by atoms with Crippen LogP contribution in [-0.4, -0.2) is 92.3 Å². The molecule has 0 saturated carbocycles. The van der Waals surface area contributed by atoms with Gasteiger partial charge in [0, 0.05) is 63.5 Å². The van der Waals surface area contributed by atoms with E-state index < -0.39 is 0 Å². The Labute approximate surface area is 184 Å². The molecular weight excluding hydrogens is 394 g/mol. The van der Waals surface area contributed by atoms with Crippen LogP contribution in [0.3, 0.4) is 0 Å². The summed E-state index contributed by atoms with van der Waals surface area (Å²) in [6, 6.07) is 9.84. The van der Waals surface area contributed by atoms with Crippen LogP contribution in [-0.2, 0) is 16.0 Å². The van der Waals surface area contributed by atoms with E-state index in [0.717, 1.165) is 63.6 Å². The van der Waals surface area contributed by atoms with Gasteiger partial charge in [-0.3, -0.25) is 14.6 Å². The Morgan fingerprint density at radius 3 is 2.58 bits per heavy atom. The maximum atomic E-state index is 13.3. The third-order valence-electron chi connectivity index (χ3n) is 6.01. The van der Waals surface area contributed by atoms with Gasteiger partial charge in [-0.05, 0) is 25.1 Å². The Balaban J connectivity index is 1.39. The monoisotopic (exact) mass is 427 g/mol. The highest BCUT2D eigenvalue weighted by atomic mass is 16.5. The Kier molecular flexibility index (Phi) is 7.75. The zero-order valence-electron chi connectivity index (χ0n) is 18.4. The molecule has 4 rings (SSSR count). The molecule has 1 aromatic heterocycles. The van der Waals surface area contributed by atoms with Crippen molar-refractivity contribution >= 4 is 5.91 Å². The van der Waals surface area contributed by atoms with Gasteiger partial charge >= 0.3 is 0 Å². The summed E-state index contributed by atoms with van der Waals surface area (Å²) < 4.78 is 16.7. The van der Waals surface area contributed by atoms with Crippen molar-refractivity contribution < 1.29 is 18.7 Å². The molecule has 2 aliphatic heterocycles. The van der Waals surface area contributed by atoms with Gasteiger partial charge in [0.15, 0.2) is 0 Å². The highest BCUT2D eigenvalue weighted by molar-refractivity contribution is 5.94. The minimum Gasteiger partial charge on any atom is -0.472 e. The number of benzene rings is 1. The van der Waals surface area contributed by atoms with Gasteiger partial charge in [0.2, 0.25) is 0 Å². The molecule has 3 heterocycles. The third-order valence-corrected chi connectivity index (χ3v) is 6.01. The molecule has 31 heavy (non-hydrogen) atoms. The first-order valence-electron chi connectivity index (χ1n) is 11.2. The molecule has 0 bridgehead atoms. The van der Waals surface area contributed by atoms with Crippen LogP contribution < -0.4 is 0 Å². The van der Waals surface area contributed by atoms with Crippen LogP contribution in [0.4, 0.5) is 0 Å². The molecule has 1 aromatic carbocycles. The topological polar surface area (TPSA) is 58.4 Å². The fraction of sp³-hybridized carbons (Fsp3) is 0.542. The molecule has 2 aliphatic rings. The fourth-order valence-electron chi connectivity index (χ4n) is 4.16. The molecule has 1 amide bonds. The lowest BCUT2D eigenvalue weighted by Crippen LogP contribution is -2.50. The van der Waals surface area contributed by atoms with Crippen molar-refractivity contribution in [2.45, 2.75) is 19.6 Å². The number of carbonyl (C=O) groups excluding carboxylic acids is 1. The van der Waals surface area contributed by atoms with Gasteiger partial charge in [0.05, 0.1) is 38.5 Å². The Morgan fingerprint density at radius 2 is 1.84 bits per heavy atom. The number of morpholine rings is 2. The summed E-state index contributed by atoms with van der Waals surface area (Å²) in [6.45, 7) is 10.8. The van der Waals surface area contributed by atoms with Crippen molar-refractivity contribution in [3.63, 3.8) is 0 Å². The zero-order valence-corrected chi connectivity index (χ0v) is 18.4. The first-order chi connectivity index (χ1) is 15.2. The molecule has 0 radical (unpaired) electrons. The van der Waals surface area contributed by atoms with Crippen molar-refractivity contribution in [3.05, 3.63) is 59.5 Å². The molecule has 168 valence electrons. The first kappa shape index (κ1) is 22.0. The second-order valence-corrected chi connectivity index (χ2v) is 8.43. The predicted octanol–water partition coefficient (Wildman–Crippen LogP) is 2.26. The van der Waals surface area contributed by atoms with E-state index in [1.807, 2.05) is 42.2 Å². The van der Waals surface area contributed by atoms with Crippen molar-refractivity contribution in [1.82, 2.24) is 14.7 Å². The van der Waals surface area contributed by atoms with Gasteiger partial charge in [-0.1, -0.05) is 17.7 Å². The van der Waals surface area contributed by atoms with E-state index in [4.69, 9.17) is 13.9 Å². The third kappa shape index (κ3) is 6.40. The molecule has 7 heteroatoms. The molecule has 2 aromatic rings. The Morgan fingerprint density at radius 1 is 1.06 bits per heavy atom. The minimum atomic E-state index is -0.000242. The quantitative estimate of drug-likeness (QED) is 0.644. The summed E-state index contributed by atoms with van der Waals surface area (Å²) >= 11 is 0. The van der Waals surface area contributed by atoms with Gasteiger partial charge in [0.1, 0.15) is 0 Å². The van der Waals surface area contributed by atoms with Crippen LogP contribution in [0.1, 0.15) is 21.5 Å². The molecule has 0 aliphatic carbocycles. The van der Waals surface area contributed by atoms with Gasteiger partial charge < -0.3 is 18.8 Å². The highest BCUT2D eigenvalue weighted by Gasteiger charge is 2.26. The second-order valence-electron chi connectivity index (χ2n) is 8.43. The molecule has 1 unspecified atom stereocenters. The summed E-state index contributed by atoms with van der Waals surface area (Å²) in [5, 5.41) is 0. The first-order valence-corrected chi connectivity index (χ1v) is 11.2. The second kappa shape index (κ2) is 10.9. The van der Waals surface area contributed by atoms with Crippen LogP contribution in [0.15, 0.2) is 47.3 Å². The number of hydrogen-bond acceptors (Lipinski definition) is 6. The van der Waals surface area contributed by atoms with E-state index in [1.54, 1.807) is 12.5 Å². The molecule has 7 nitrogen and oxygen atoms in total. The largest absolute Gasteiger partial charge is 0.472 e. The molecule has 0 spiro atoms. The summed E-state index contributed by atoms with van der Waals surface area (Å²) in [7, 11) is 0. The molecule has 2 fully saturated rings. The van der Waals surface area contributed by atoms with Gasteiger partial charge in [-0.25, -0.2) is 0 Å². The van der Waals surface area contributed by atoms with Gasteiger partial charge in [-0.15, -0.1) is 0 Å². The normalized spacial score (nSPS) is 20.6. The number of furan rings is 1. The number of carbonyl (C=O) groups is 1. The van der Waals surface area contributed by atoms with Gasteiger partial charge in [-0.2, -0.15) is 0 Å². The summed E-state index contributed by atoms with van der Waals surface area (Å²) in [5.41, 5.74) is 3.06. The van der Waals surface area contributed by atoms with Crippen LogP contribution in [0.25, 0.3) is 0 Å². The van der Waals surface area contributed by atoms with Crippen molar-refractivity contribution in [1.29, 1.82) is 0 Å². The average Bonchev–Trinajstić information content (AvgIpc) is 3.31.